The third kappa shape index (κ3) is 8.78. The van der Waals surface area contributed by atoms with E-state index in [1.165, 1.54) is 28.9 Å². The Morgan fingerprint density at radius 2 is 1.67 bits per heavy atom. The summed E-state index contributed by atoms with van der Waals surface area (Å²) in [6.45, 7) is 5.02. The van der Waals surface area contributed by atoms with Crippen LogP contribution in [0, 0.1) is 0 Å². The van der Waals surface area contributed by atoms with Crippen LogP contribution in [0.15, 0.2) is 151 Å². The highest BCUT2D eigenvalue weighted by molar-refractivity contribution is 6.10. The number of carbonyl (C=O) groups is 3. The number of benzene rings is 5. The molecular formula is C50H42F3N3O7. The van der Waals surface area contributed by atoms with Crippen LogP contribution in [-0.2, 0) is 22.3 Å². The van der Waals surface area contributed by atoms with Crippen LogP contribution in [-0.4, -0.2) is 58.1 Å². The SMILES string of the molecule is C=CCC(OC(C)=O)[C@@H]1[C@@H](N(Cc2ccc(-c3cccc(C(F)(F)F)c3)o2)C(=O)c2cccc3ccccc23)c2cc(OCCCO)ccc2N1C(=O)c1ccc2ccccc2n1. The summed E-state index contributed by atoms with van der Waals surface area (Å²) in [5.74, 6) is -0.897. The van der Waals surface area contributed by atoms with Crippen molar-refractivity contribution in [3.05, 3.63) is 174 Å². The number of hydrogen-bond donors (Lipinski definition) is 1. The predicted molar refractivity (Wildman–Crippen MR) is 232 cm³/mol. The third-order valence-corrected chi connectivity index (χ3v) is 11.0. The third-order valence-electron chi connectivity index (χ3n) is 11.0. The van der Waals surface area contributed by atoms with E-state index in [0.717, 1.165) is 22.9 Å². The maximum atomic E-state index is 15.6. The first-order chi connectivity index (χ1) is 30.4. The lowest BCUT2D eigenvalue weighted by molar-refractivity contribution is -0.148. The quantitative estimate of drug-likeness (QED) is 0.0652. The number of nitrogens with zero attached hydrogens (tertiary/aromatic N) is 3. The number of halogens is 3. The van der Waals surface area contributed by atoms with E-state index in [4.69, 9.17) is 18.9 Å². The van der Waals surface area contributed by atoms with Crippen LogP contribution in [0.1, 0.15) is 63.5 Å². The normalized spacial score (nSPS) is 15.2. The van der Waals surface area contributed by atoms with Gasteiger partial charge in [-0.1, -0.05) is 78.9 Å². The van der Waals surface area contributed by atoms with Crippen LogP contribution in [0.3, 0.4) is 0 Å². The molecule has 0 radical (unpaired) electrons. The summed E-state index contributed by atoms with van der Waals surface area (Å²) in [6, 6.07) is 34.3. The van der Waals surface area contributed by atoms with E-state index >= 15 is 9.59 Å². The summed E-state index contributed by atoms with van der Waals surface area (Å²) in [7, 11) is 0. The van der Waals surface area contributed by atoms with Gasteiger partial charge in [-0.25, -0.2) is 4.98 Å². The van der Waals surface area contributed by atoms with Gasteiger partial charge >= 0.3 is 12.1 Å². The van der Waals surface area contributed by atoms with Gasteiger partial charge in [0.25, 0.3) is 11.8 Å². The number of esters is 1. The molecule has 10 nitrogen and oxygen atoms in total. The van der Waals surface area contributed by atoms with Gasteiger partial charge in [0, 0.05) is 48.4 Å². The maximum absolute atomic E-state index is 15.6. The van der Waals surface area contributed by atoms with E-state index in [1.54, 1.807) is 66.7 Å². The maximum Gasteiger partial charge on any atom is 0.416 e. The fraction of sp³-hybridized carbons (Fsp3) is 0.200. The lowest BCUT2D eigenvalue weighted by Crippen LogP contribution is -2.52. The van der Waals surface area contributed by atoms with Gasteiger partial charge in [0.2, 0.25) is 0 Å². The van der Waals surface area contributed by atoms with Crippen LogP contribution in [0.4, 0.5) is 18.9 Å². The molecule has 0 saturated carbocycles. The van der Waals surface area contributed by atoms with Crippen molar-refractivity contribution in [2.24, 2.45) is 0 Å². The molecule has 63 heavy (non-hydrogen) atoms. The summed E-state index contributed by atoms with van der Waals surface area (Å²) in [5.41, 5.74) is 1.18. The van der Waals surface area contributed by atoms with Crippen molar-refractivity contribution < 1.29 is 46.6 Å². The van der Waals surface area contributed by atoms with Crippen LogP contribution < -0.4 is 9.64 Å². The van der Waals surface area contributed by atoms with E-state index in [2.05, 4.69) is 6.58 Å². The van der Waals surface area contributed by atoms with E-state index in [0.29, 0.717) is 39.9 Å². The number of anilines is 1. The van der Waals surface area contributed by atoms with Crippen molar-refractivity contribution >= 4 is 45.1 Å². The van der Waals surface area contributed by atoms with E-state index < -0.39 is 47.7 Å². The number of pyridine rings is 1. The van der Waals surface area contributed by atoms with Gasteiger partial charge in [-0.05, 0) is 71.4 Å². The van der Waals surface area contributed by atoms with Crippen LogP contribution in [0.5, 0.6) is 5.75 Å². The Hall–Kier alpha value is -7.25. The molecule has 0 spiro atoms. The van der Waals surface area contributed by atoms with Gasteiger partial charge in [-0.15, -0.1) is 6.58 Å². The summed E-state index contributed by atoms with van der Waals surface area (Å²) < 4.78 is 59.7. The zero-order chi connectivity index (χ0) is 44.3. The van der Waals surface area contributed by atoms with Crippen LogP contribution in [0.25, 0.3) is 33.0 Å². The standard InChI is InChI=1S/C50H42F3N3O7/c1-3-11-45(62-31(2)58)47-46(40-29-36(61-27-10-26-57)21-24-43(40)56(47)49(60)42-23-20-33-13-5-7-19-41(33)54-42)55(48(59)39-18-9-14-32-12-4-6-17-38(32)39)30-37-22-25-44(63-37)34-15-8-16-35(28-34)50(51,52)53/h3-9,12-25,28-29,45-47,57H,1,10-11,26-27,30H2,2H3/t45?,46-,47+/m0/s1. The molecule has 0 saturated heterocycles. The molecule has 8 rings (SSSR count). The molecule has 0 fully saturated rings. The number of carbonyl (C=O) groups excluding carboxylic acids is 3. The molecule has 2 aromatic heterocycles. The Bertz CT molecular complexity index is 2830. The van der Waals surface area contributed by atoms with Gasteiger partial charge in [0.1, 0.15) is 29.1 Å². The highest BCUT2D eigenvalue weighted by atomic mass is 19.4. The number of ether oxygens (including phenoxy) is 2. The van der Waals surface area contributed by atoms with Crippen molar-refractivity contribution in [3.8, 4) is 17.1 Å². The van der Waals surface area contributed by atoms with Crippen molar-refractivity contribution in [1.82, 2.24) is 9.88 Å². The molecule has 1 aliphatic heterocycles. The van der Waals surface area contributed by atoms with Gasteiger partial charge in [0.15, 0.2) is 0 Å². The monoisotopic (exact) mass is 853 g/mol. The zero-order valence-corrected chi connectivity index (χ0v) is 34.1. The van der Waals surface area contributed by atoms with Gasteiger partial charge in [0.05, 0.1) is 42.0 Å². The number of para-hydroxylation sites is 1. The fourth-order valence-electron chi connectivity index (χ4n) is 8.23. The predicted octanol–water partition coefficient (Wildman–Crippen LogP) is 10.3. The minimum Gasteiger partial charge on any atom is -0.493 e. The number of aromatic nitrogens is 1. The Morgan fingerprint density at radius 1 is 0.905 bits per heavy atom. The number of aliphatic hydroxyl groups excluding tert-OH is 1. The minimum atomic E-state index is -4.59. The van der Waals surface area contributed by atoms with Crippen molar-refractivity contribution in [1.29, 1.82) is 0 Å². The van der Waals surface area contributed by atoms with E-state index in [1.807, 2.05) is 48.5 Å². The molecular weight excluding hydrogens is 812 g/mol. The highest BCUT2D eigenvalue weighted by Gasteiger charge is 2.51. The average molecular weight is 854 g/mol. The van der Waals surface area contributed by atoms with Gasteiger partial charge in [-0.2, -0.15) is 13.2 Å². The second-order valence-electron chi connectivity index (χ2n) is 15.1. The molecule has 2 amide bonds. The summed E-state index contributed by atoms with van der Waals surface area (Å²) in [6.07, 6.45) is -3.68. The van der Waals surface area contributed by atoms with Gasteiger partial charge < -0.3 is 23.9 Å². The minimum absolute atomic E-state index is 0.0697. The molecule has 3 heterocycles. The highest BCUT2D eigenvalue weighted by Crippen LogP contribution is 2.49. The lowest BCUT2D eigenvalue weighted by atomic mass is 9.93. The number of rotatable bonds is 14. The van der Waals surface area contributed by atoms with Gasteiger partial charge in [-0.3, -0.25) is 19.3 Å². The second-order valence-corrected chi connectivity index (χ2v) is 15.1. The molecule has 320 valence electrons. The van der Waals surface area contributed by atoms with E-state index in [9.17, 15) is 23.1 Å². The first kappa shape index (κ1) is 42.4. The zero-order valence-electron chi connectivity index (χ0n) is 34.1. The first-order valence-corrected chi connectivity index (χ1v) is 20.4. The second kappa shape index (κ2) is 18.0. The topological polar surface area (TPSA) is 122 Å². The molecule has 1 aliphatic rings. The number of fused-ring (bicyclic) bond motifs is 3. The molecule has 13 heteroatoms. The summed E-state index contributed by atoms with van der Waals surface area (Å²) in [5, 5.41) is 11.8. The molecule has 1 unspecified atom stereocenters. The Morgan fingerprint density at radius 3 is 2.44 bits per heavy atom. The number of alkyl halides is 3. The number of amides is 2. The van der Waals surface area contributed by atoms with E-state index in [-0.39, 0.29) is 49.0 Å². The fourth-order valence-corrected chi connectivity index (χ4v) is 8.23. The Balaban J connectivity index is 1.34. The van der Waals surface area contributed by atoms with Crippen molar-refractivity contribution in [2.75, 3.05) is 18.1 Å². The number of furan rings is 1. The number of hydrogen-bond acceptors (Lipinski definition) is 8. The average Bonchev–Trinajstić information content (AvgIpc) is 3.89. The van der Waals surface area contributed by atoms with Crippen molar-refractivity contribution in [2.45, 2.75) is 50.7 Å². The Labute approximate surface area is 360 Å². The van der Waals surface area contributed by atoms with Crippen LogP contribution in [0.2, 0.25) is 0 Å². The summed E-state index contributed by atoms with van der Waals surface area (Å²) >= 11 is 0. The molecule has 5 aromatic carbocycles. The van der Waals surface area contributed by atoms with Crippen molar-refractivity contribution in [3.63, 3.8) is 0 Å². The molecule has 3 atom stereocenters. The molecule has 0 bridgehead atoms. The smallest absolute Gasteiger partial charge is 0.416 e. The molecule has 0 aliphatic carbocycles. The largest absolute Gasteiger partial charge is 0.493 e. The Kier molecular flexibility index (Phi) is 12.1. The summed E-state index contributed by atoms with van der Waals surface area (Å²) in [4.78, 5) is 51.5. The van der Waals surface area contributed by atoms with Crippen LogP contribution >= 0.6 is 0 Å². The molecule has 7 aromatic rings. The molecule has 1 N–H and O–H groups in total. The number of aliphatic hydroxyl groups is 1. The lowest BCUT2D eigenvalue weighted by Gasteiger charge is -2.39. The first-order valence-electron chi connectivity index (χ1n) is 20.4.